The molecule has 0 radical (unpaired) electrons. The first kappa shape index (κ1) is 12.8. The molecule has 5 nitrogen and oxygen atoms in total. The molecule has 0 aromatic carbocycles. The van der Waals surface area contributed by atoms with Gasteiger partial charge in [0.1, 0.15) is 12.1 Å². The van der Waals surface area contributed by atoms with Crippen LogP contribution in [0.5, 0.6) is 0 Å². The first-order valence-electron chi connectivity index (χ1n) is 7.11. The number of nitrogens with zero attached hydrogens (tertiary/aromatic N) is 4. The molecule has 0 amide bonds. The zero-order valence-electron chi connectivity index (χ0n) is 11.5. The molecule has 0 unspecified atom stereocenters. The Bertz CT molecular complexity index is 520. The Hall–Kier alpha value is -2.17. The van der Waals surface area contributed by atoms with Crippen LogP contribution in [-0.4, -0.2) is 28.0 Å². The van der Waals surface area contributed by atoms with E-state index in [1.54, 1.807) is 12.5 Å². The molecule has 1 aliphatic heterocycles. The van der Waals surface area contributed by atoms with Crippen molar-refractivity contribution in [2.75, 3.05) is 23.3 Å². The average Bonchev–Trinajstić information content (AvgIpc) is 2.55. The molecule has 2 aromatic rings. The van der Waals surface area contributed by atoms with Gasteiger partial charge in [0, 0.05) is 19.3 Å². The third-order valence-corrected chi connectivity index (χ3v) is 3.54. The molecule has 3 rings (SSSR count). The van der Waals surface area contributed by atoms with Gasteiger partial charge in [0.05, 0.1) is 24.1 Å². The van der Waals surface area contributed by atoms with Gasteiger partial charge in [-0.05, 0) is 37.5 Å². The van der Waals surface area contributed by atoms with Crippen LogP contribution in [0.15, 0.2) is 36.9 Å². The Labute approximate surface area is 119 Å². The molecule has 3 heterocycles. The summed E-state index contributed by atoms with van der Waals surface area (Å²) in [7, 11) is 0. The summed E-state index contributed by atoms with van der Waals surface area (Å²) in [6.07, 6.45) is 9.10. The molecule has 5 heteroatoms. The van der Waals surface area contributed by atoms with E-state index in [9.17, 15) is 0 Å². The minimum atomic E-state index is 0.688. The molecule has 20 heavy (non-hydrogen) atoms. The van der Waals surface area contributed by atoms with E-state index in [-0.39, 0.29) is 0 Å². The Balaban J connectivity index is 1.58. The standard InChI is InChI=1S/C15H19N5/c1-2-8-20(9-3-1)15-5-4-13(11-18-15)17-10-14-6-7-16-12-19-14/h4-7,11-12,17H,1-3,8-10H2. The van der Waals surface area contributed by atoms with Crippen molar-refractivity contribution in [2.45, 2.75) is 25.8 Å². The number of anilines is 2. The molecule has 1 fully saturated rings. The Kier molecular flexibility index (Phi) is 4.06. The average molecular weight is 269 g/mol. The van der Waals surface area contributed by atoms with E-state index in [0.717, 1.165) is 30.3 Å². The summed E-state index contributed by atoms with van der Waals surface area (Å²) in [5, 5.41) is 3.32. The van der Waals surface area contributed by atoms with Crippen LogP contribution in [0.3, 0.4) is 0 Å². The molecule has 2 aromatic heterocycles. The second kappa shape index (κ2) is 6.32. The summed E-state index contributed by atoms with van der Waals surface area (Å²) in [6.45, 7) is 2.94. The first-order chi connectivity index (χ1) is 9.92. The Morgan fingerprint density at radius 1 is 1.05 bits per heavy atom. The van der Waals surface area contributed by atoms with Crippen molar-refractivity contribution in [3.05, 3.63) is 42.6 Å². The van der Waals surface area contributed by atoms with Gasteiger partial charge in [-0.1, -0.05) is 0 Å². The van der Waals surface area contributed by atoms with Crippen LogP contribution in [0, 0.1) is 0 Å². The maximum Gasteiger partial charge on any atom is 0.128 e. The van der Waals surface area contributed by atoms with E-state index in [0.29, 0.717) is 6.54 Å². The lowest BCUT2D eigenvalue weighted by atomic mass is 10.1. The fourth-order valence-corrected chi connectivity index (χ4v) is 2.42. The Morgan fingerprint density at radius 3 is 2.65 bits per heavy atom. The number of aromatic nitrogens is 3. The van der Waals surface area contributed by atoms with Gasteiger partial charge in [0.25, 0.3) is 0 Å². The molecule has 0 bridgehead atoms. The number of pyridine rings is 1. The highest BCUT2D eigenvalue weighted by atomic mass is 15.2. The maximum atomic E-state index is 4.55. The summed E-state index contributed by atoms with van der Waals surface area (Å²) in [4.78, 5) is 15.0. The normalized spacial score (nSPS) is 15.1. The van der Waals surface area contributed by atoms with Crippen molar-refractivity contribution in [1.82, 2.24) is 15.0 Å². The van der Waals surface area contributed by atoms with E-state index in [1.165, 1.54) is 19.3 Å². The predicted octanol–water partition coefficient (Wildman–Crippen LogP) is 2.47. The van der Waals surface area contributed by atoms with Gasteiger partial charge >= 0.3 is 0 Å². The van der Waals surface area contributed by atoms with Gasteiger partial charge < -0.3 is 10.2 Å². The number of rotatable bonds is 4. The summed E-state index contributed by atoms with van der Waals surface area (Å²) < 4.78 is 0. The third-order valence-electron chi connectivity index (χ3n) is 3.54. The summed E-state index contributed by atoms with van der Waals surface area (Å²) >= 11 is 0. The largest absolute Gasteiger partial charge is 0.378 e. The molecule has 1 saturated heterocycles. The van der Waals surface area contributed by atoms with Gasteiger partial charge in [-0.15, -0.1) is 0 Å². The minimum Gasteiger partial charge on any atom is -0.378 e. The van der Waals surface area contributed by atoms with Gasteiger partial charge in [0.15, 0.2) is 0 Å². The van der Waals surface area contributed by atoms with Gasteiger partial charge in [-0.3, -0.25) is 0 Å². The summed E-state index contributed by atoms with van der Waals surface area (Å²) in [5.41, 5.74) is 1.99. The molecule has 0 spiro atoms. The molecular weight excluding hydrogens is 250 g/mol. The minimum absolute atomic E-state index is 0.688. The fourth-order valence-electron chi connectivity index (χ4n) is 2.42. The highest BCUT2D eigenvalue weighted by molar-refractivity contribution is 5.48. The van der Waals surface area contributed by atoms with E-state index >= 15 is 0 Å². The van der Waals surface area contributed by atoms with Crippen molar-refractivity contribution < 1.29 is 0 Å². The van der Waals surface area contributed by atoms with Crippen LogP contribution < -0.4 is 10.2 Å². The van der Waals surface area contributed by atoms with Crippen molar-refractivity contribution >= 4 is 11.5 Å². The molecule has 0 aliphatic carbocycles. The fraction of sp³-hybridized carbons (Fsp3) is 0.400. The van der Waals surface area contributed by atoms with E-state index < -0.39 is 0 Å². The molecule has 0 atom stereocenters. The lowest BCUT2D eigenvalue weighted by molar-refractivity contribution is 0.573. The maximum absolute atomic E-state index is 4.55. The summed E-state index contributed by atoms with van der Waals surface area (Å²) in [6, 6.07) is 6.08. The second-order valence-electron chi connectivity index (χ2n) is 5.01. The molecule has 1 aliphatic rings. The number of piperidine rings is 1. The predicted molar refractivity (Wildman–Crippen MR) is 79.7 cm³/mol. The number of hydrogen-bond acceptors (Lipinski definition) is 5. The monoisotopic (exact) mass is 269 g/mol. The van der Waals surface area contributed by atoms with Crippen LogP contribution in [-0.2, 0) is 6.54 Å². The van der Waals surface area contributed by atoms with E-state index in [1.807, 2.05) is 12.3 Å². The van der Waals surface area contributed by atoms with Crippen LogP contribution in [0.2, 0.25) is 0 Å². The van der Waals surface area contributed by atoms with Gasteiger partial charge in [-0.25, -0.2) is 15.0 Å². The topological polar surface area (TPSA) is 53.9 Å². The quantitative estimate of drug-likeness (QED) is 0.924. The zero-order valence-corrected chi connectivity index (χ0v) is 11.5. The molecule has 1 N–H and O–H groups in total. The van der Waals surface area contributed by atoms with Crippen LogP contribution in [0.4, 0.5) is 11.5 Å². The summed E-state index contributed by atoms with van der Waals surface area (Å²) in [5.74, 6) is 1.08. The number of nitrogens with one attached hydrogen (secondary N) is 1. The zero-order chi connectivity index (χ0) is 13.6. The first-order valence-corrected chi connectivity index (χ1v) is 7.11. The van der Waals surface area contributed by atoms with Crippen molar-refractivity contribution in [3.8, 4) is 0 Å². The SMILES string of the molecule is c1cc(CNc2ccc(N3CCCCC3)nc2)ncn1. The third kappa shape index (κ3) is 3.23. The van der Waals surface area contributed by atoms with Gasteiger partial charge in [-0.2, -0.15) is 0 Å². The van der Waals surface area contributed by atoms with Gasteiger partial charge in [0.2, 0.25) is 0 Å². The van der Waals surface area contributed by atoms with Crippen molar-refractivity contribution in [1.29, 1.82) is 0 Å². The lowest BCUT2D eigenvalue weighted by Crippen LogP contribution is -2.30. The van der Waals surface area contributed by atoms with Crippen molar-refractivity contribution in [2.24, 2.45) is 0 Å². The van der Waals surface area contributed by atoms with Crippen LogP contribution >= 0.6 is 0 Å². The van der Waals surface area contributed by atoms with Crippen LogP contribution in [0.1, 0.15) is 25.0 Å². The lowest BCUT2D eigenvalue weighted by Gasteiger charge is -2.27. The second-order valence-corrected chi connectivity index (χ2v) is 5.01. The van der Waals surface area contributed by atoms with Crippen molar-refractivity contribution in [3.63, 3.8) is 0 Å². The Morgan fingerprint density at radius 2 is 1.95 bits per heavy atom. The van der Waals surface area contributed by atoms with E-state index in [4.69, 9.17) is 0 Å². The molecule has 0 saturated carbocycles. The highest BCUT2D eigenvalue weighted by Crippen LogP contribution is 2.19. The number of hydrogen-bond donors (Lipinski definition) is 1. The van der Waals surface area contributed by atoms with Crippen LogP contribution in [0.25, 0.3) is 0 Å². The van der Waals surface area contributed by atoms with E-state index in [2.05, 4.69) is 37.3 Å². The molecule has 104 valence electrons. The smallest absolute Gasteiger partial charge is 0.128 e. The highest BCUT2D eigenvalue weighted by Gasteiger charge is 2.11. The molecular formula is C15H19N5.